The van der Waals surface area contributed by atoms with E-state index in [2.05, 4.69) is 15.1 Å². The molecule has 0 atom stereocenters. The zero-order valence-electron chi connectivity index (χ0n) is 14.6. The molecule has 1 saturated heterocycles. The molecule has 8 nitrogen and oxygen atoms in total. The van der Waals surface area contributed by atoms with Crippen LogP contribution >= 0.6 is 0 Å². The number of piperazine rings is 1. The number of fused-ring (bicyclic) bond motifs is 1. The second-order valence-corrected chi connectivity index (χ2v) is 6.02. The molecule has 0 bridgehead atoms. The molecule has 3 heterocycles. The van der Waals surface area contributed by atoms with Gasteiger partial charge in [0.25, 0.3) is 0 Å². The average molecular weight is 352 g/mol. The van der Waals surface area contributed by atoms with Crippen LogP contribution in [0.1, 0.15) is 6.92 Å². The first-order chi connectivity index (χ1) is 12.8. The molecule has 0 saturated carbocycles. The Balaban J connectivity index is 1.56. The molecule has 1 fully saturated rings. The van der Waals surface area contributed by atoms with Gasteiger partial charge in [-0.15, -0.1) is 15.3 Å². The van der Waals surface area contributed by atoms with Crippen molar-refractivity contribution in [1.82, 2.24) is 24.7 Å². The van der Waals surface area contributed by atoms with Crippen molar-refractivity contribution in [1.29, 1.82) is 0 Å². The molecular formula is C18H20N6O2. The number of benzene rings is 1. The lowest BCUT2D eigenvalue weighted by molar-refractivity contribution is 0.105. The minimum atomic E-state index is -0.249. The Hall–Kier alpha value is -3.16. The van der Waals surface area contributed by atoms with Crippen LogP contribution in [-0.4, -0.2) is 63.6 Å². The summed E-state index contributed by atoms with van der Waals surface area (Å²) in [5.74, 6) is 1.56. The van der Waals surface area contributed by atoms with Crippen LogP contribution in [0.3, 0.4) is 0 Å². The summed E-state index contributed by atoms with van der Waals surface area (Å²) >= 11 is 0. The van der Waals surface area contributed by atoms with Crippen molar-refractivity contribution < 1.29 is 9.53 Å². The van der Waals surface area contributed by atoms with Crippen molar-refractivity contribution in [2.75, 3.05) is 37.7 Å². The van der Waals surface area contributed by atoms with E-state index in [9.17, 15) is 4.79 Å². The van der Waals surface area contributed by atoms with Crippen LogP contribution in [0.25, 0.3) is 17.0 Å². The number of ether oxygens (including phenoxy) is 1. The van der Waals surface area contributed by atoms with Crippen molar-refractivity contribution >= 4 is 17.6 Å². The van der Waals surface area contributed by atoms with E-state index in [4.69, 9.17) is 9.84 Å². The van der Waals surface area contributed by atoms with Crippen LogP contribution < -0.4 is 4.90 Å². The fourth-order valence-electron chi connectivity index (χ4n) is 3.05. The third-order valence-corrected chi connectivity index (χ3v) is 4.41. The van der Waals surface area contributed by atoms with Gasteiger partial charge in [-0.3, -0.25) is 0 Å². The van der Waals surface area contributed by atoms with E-state index < -0.39 is 0 Å². The SMILES string of the molecule is CCOC(=O)N1CCN(c2ccc3nnc(-c4ccccc4)n3n2)CC1. The first kappa shape index (κ1) is 16.3. The quantitative estimate of drug-likeness (QED) is 0.718. The van der Waals surface area contributed by atoms with Gasteiger partial charge < -0.3 is 14.5 Å². The standard InChI is InChI=1S/C18H20N6O2/c1-2-26-18(25)23-12-10-22(11-13-23)16-9-8-15-19-20-17(24(15)21-16)14-6-4-3-5-7-14/h3-9H,2,10-13H2,1H3. The third-order valence-electron chi connectivity index (χ3n) is 4.41. The summed E-state index contributed by atoms with van der Waals surface area (Å²) in [5.41, 5.74) is 1.68. The molecule has 0 aliphatic carbocycles. The average Bonchev–Trinajstić information content (AvgIpc) is 3.12. The largest absolute Gasteiger partial charge is 0.450 e. The highest BCUT2D eigenvalue weighted by atomic mass is 16.6. The summed E-state index contributed by atoms with van der Waals surface area (Å²) in [5, 5.41) is 13.2. The van der Waals surface area contributed by atoms with E-state index >= 15 is 0 Å². The number of rotatable bonds is 3. The molecule has 3 aromatic rings. The number of carbonyl (C=O) groups is 1. The zero-order chi connectivity index (χ0) is 17.9. The fourth-order valence-corrected chi connectivity index (χ4v) is 3.05. The highest BCUT2D eigenvalue weighted by molar-refractivity contribution is 5.68. The van der Waals surface area contributed by atoms with Crippen LogP contribution in [-0.2, 0) is 4.74 Å². The van der Waals surface area contributed by atoms with Gasteiger partial charge in [0, 0.05) is 31.7 Å². The minimum Gasteiger partial charge on any atom is -0.450 e. The summed E-state index contributed by atoms with van der Waals surface area (Å²) in [7, 11) is 0. The van der Waals surface area contributed by atoms with Gasteiger partial charge in [-0.25, -0.2) is 4.79 Å². The third kappa shape index (κ3) is 3.05. The van der Waals surface area contributed by atoms with E-state index in [-0.39, 0.29) is 6.09 Å². The van der Waals surface area contributed by atoms with Crippen molar-refractivity contribution in [3.8, 4) is 11.4 Å². The Labute approximate surface area is 151 Å². The number of amides is 1. The molecule has 0 spiro atoms. The summed E-state index contributed by atoms with van der Waals surface area (Å²) in [6.45, 7) is 4.86. The van der Waals surface area contributed by atoms with Crippen molar-refractivity contribution in [3.63, 3.8) is 0 Å². The smallest absolute Gasteiger partial charge is 0.409 e. The molecule has 8 heteroatoms. The molecule has 1 aromatic carbocycles. The number of nitrogens with zero attached hydrogens (tertiary/aromatic N) is 6. The van der Waals surface area contributed by atoms with Crippen LogP contribution in [0.4, 0.5) is 10.6 Å². The molecule has 1 aliphatic rings. The molecule has 0 N–H and O–H groups in total. The normalized spacial score (nSPS) is 14.7. The lowest BCUT2D eigenvalue weighted by Crippen LogP contribution is -2.49. The molecule has 2 aromatic heterocycles. The van der Waals surface area contributed by atoms with Crippen LogP contribution in [0, 0.1) is 0 Å². The molecular weight excluding hydrogens is 332 g/mol. The maximum absolute atomic E-state index is 11.8. The van der Waals surface area contributed by atoms with Gasteiger partial charge in [0.05, 0.1) is 6.61 Å². The molecule has 134 valence electrons. The van der Waals surface area contributed by atoms with Gasteiger partial charge in [-0.1, -0.05) is 30.3 Å². The maximum atomic E-state index is 11.8. The Morgan fingerprint density at radius 2 is 1.81 bits per heavy atom. The van der Waals surface area contributed by atoms with Crippen molar-refractivity contribution in [2.24, 2.45) is 0 Å². The monoisotopic (exact) mass is 352 g/mol. The molecule has 0 radical (unpaired) electrons. The number of carbonyl (C=O) groups excluding carboxylic acids is 1. The van der Waals surface area contributed by atoms with Crippen molar-refractivity contribution in [2.45, 2.75) is 6.92 Å². The van der Waals surface area contributed by atoms with Gasteiger partial charge in [-0.05, 0) is 19.1 Å². The number of anilines is 1. The number of hydrogen-bond donors (Lipinski definition) is 0. The van der Waals surface area contributed by atoms with Gasteiger partial charge in [0.15, 0.2) is 11.5 Å². The van der Waals surface area contributed by atoms with E-state index in [0.29, 0.717) is 44.3 Å². The molecule has 26 heavy (non-hydrogen) atoms. The van der Waals surface area contributed by atoms with Crippen LogP contribution in [0.15, 0.2) is 42.5 Å². The maximum Gasteiger partial charge on any atom is 0.409 e. The van der Waals surface area contributed by atoms with Crippen LogP contribution in [0.2, 0.25) is 0 Å². The Morgan fingerprint density at radius 3 is 2.54 bits per heavy atom. The van der Waals surface area contributed by atoms with E-state index in [0.717, 1.165) is 11.4 Å². The summed E-state index contributed by atoms with van der Waals surface area (Å²) in [4.78, 5) is 15.7. The predicted octanol–water partition coefficient (Wildman–Crippen LogP) is 2.07. The Kier molecular flexibility index (Phi) is 4.39. The first-order valence-corrected chi connectivity index (χ1v) is 8.71. The minimum absolute atomic E-state index is 0.249. The molecule has 1 aliphatic heterocycles. The van der Waals surface area contributed by atoms with Crippen LogP contribution in [0.5, 0.6) is 0 Å². The van der Waals surface area contributed by atoms with Crippen molar-refractivity contribution in [3.05, 3.63) is 42.5 Å². The highest BCUT2D eigenvalue weighted by Gasteiger charge is 2.23. The molecule has 1 amide bonds. The van der Waals surface area contributed by atoms with Gasteiger partial charge in [-0.2, -0.15) is 4.52 Å². The van der Waals surface area contributed by atoms with E-state index in [1.165, 1.54) is 0 Å². The van der Waals surface area contributed by atoms with E-state index in [1.54, 1.807) is 9.42 Å². The predicted molar refractivity (Wildman–Crippen MR) is 97.0 cm³/mol. The van der Waals surface area contributed by atoms with Gasteiger partial charge in [0.2, 0.25) is 0 Å². The highest BCUT2D eigenvalue weighted by Crippen LogP contribution is 2.20. The lowest BCUT2D eigenvalue weighted by Gasteiger charge is -2.34. The number of aromatic nitrogens is 4. The number of hydrogen-bond acceptors (Lipinski definition) is 6. The Bertz CT molecular complexity index is 902. The zero-order valence-corrected chi connectivity index (χ0v) is 14.6. The summed E-state index contributed by atoms with van der Waals surface area (Å²) < 4.78 is 6.83. The Morgan fingerprint density at radius 1 is 1.04 bits per heavy atom. The second kappa shape index (κ2) is 6.99. The molecule has 4 rings (SSSR count). The molecule has 0 unspecified atom stereocenters. The topological polar surface area (TPSA) is 75.9 Å². The lowest BCUT2D eigenvalue weighted by atomic mass is 10.2. The fraction of sp³-hybridized carbons (Fsp3) is 0.333. The second-order valence-electron chi connectivity index (χ2n) is 6.02. The first-order valence-electron chi connectivity index (χ1n) is 8.71. The van der Waals surface area contributed by atoms with Gasteiger partial charge in [0.1, 0.15) is 5.82 Å². The van der Waals surface area contributed by atoms with Gasteiger partial charge >= 0.3 is 6.09 Å². The van der Waals surface area contributed by atoms with E-state index in [1.807, 2.05) is 49.4 Å². The summed E-state index contributed by atoms with van der Waals surface area (Å²) in [6.07, 6.45) is -0.249. The summed E-state index contributed by atoms with van der Waals surface area (Å²) in [6, 6.07) is 13.7.